The normalized spacial score (nSPS) is 12.3. The molecule has 0 saturated heterocycles. The Bertz CT molecular complexity index is 1690. The number of rotatable bonds is 3. The molecule has 0 atom stereocenters. The topological polar surface area (TPSA) is 55.7 Å². The second kappa shape index (κ2) is 8.34. The summed E-state index contributed by atoms with van der Waals surface area (Å²) in [5, 5.41) is 9.77. The molecule has 1 aromatic heterocycles. The summed E-state index contributed by atoms with van der Waals surface area (Å²) in [7, 11) is 0. The number of amidine groups is 1. The van der Waals surface area contributed by atoms with Gasteiger partial charge in [0.1, 0.15) is 0 Å². The predicted octanol–water partition coefficient (Wildman–Crippen LogP) is 6.81. The molecule has 5 aromatic carbocycles. The quantitative estimate of drug-likeness (QED) is 0.239. The van der Waals surface area contributed by atoms with E-state index in [2.05, 4.69) is 83.9 Å². The Morgan fingerprint density at radius 2 is 1.38 bits per heavy atom. The van der Waals surface area contributed by atoms with Crippen molar-refractivity contribution in [3.63, 3.8) is 0 Å². The first-order valence-electron chi connectivity index (χ1n) is 11.2. The zero-order valence-electron chi connectivity index (χ0n) is 18.5. The first kappa shape index (κ1) is 19.9. The van der Waals surface area contributed by atoms with E-state index in [9.17, 15) is 0 Å². The first-order valence-corrected chi connectivity index (χ1v) is 11.2. The highest BCUT2D eigenvalue weighted by Gasteiger charge is 2.15. The van der Waals surface area contributed by atoms with Gasteiger partial charge in [0.15, 0.2) is 5.84 Å². The van der Waals surface area contributed by atoms with Crippen LogP contribution in [0.4, 0.5) is 0 Å². The Balaban J connectivity index is 1.72. The first-order chi connectivity index (χ1) is 16.8. The Morgan fingerprint density at radius 1 is 0.647 bits per heavy atom. The Kier molecular flexibility index (Phi) is 4.89. The van der Waals surface area contributed by atoms with E-state index < -0.39 is 0 Å². The summed E-state index contributed by atoms with van der Waals surface area (Å²) in [4.78, 5) is 4.41. The molecule has 0 aliphatic heterocycles. The van der Waals surface area contributed by atoms with Gasteiger partial charge in [-0.3, -0.25) is 0 Å². The third-order valence-electron chi connectivity index (χ3n) is 6.16. The van der Waals surface area contributed by atoms with Crippen molar-refractivity contribution in [2.24, 2.45) is 15.8 Å². The Labute approximate surface area is 197 Å². The molecule has 0 spiro atoms. The van der Waals surface area contributed by atoms with Crippen molar-refractivity contribution in [1.29, 1.82) is 0 Å². The van der Waals surface area contributed by atoms with Crippen molar-refractivity contribution in [2.45, 2.75) is 0 Å². The Hall–Kier alpha value is -4.70. The molecule has 0 amide bonds. The highest BCUT2D eigenvalue weighted by atomic mass is 15.4. The third kappa shape index (κ3) is 3.33. The lowest BCUT2D eigenvalue weighted by atomic mass is 10.0. The molecule has 0 radical (unpaired) electrons. The summed E-state index contributed by atoms with van der Waals surface area (Å²) < 4.78 is 2.00. The summed E-state index contributed by atoms with van der Waals surface area (Å²) in [6.45, 7) is 0. The second-order valence-corrected chi connectivity index (χ2v) is 8.16. The van der Waals surface area contributed by atoms with Crippen LogP contribution >= 0.6 is 0 Å². The van der Waals surface area contributed by atoms with E-state index >= 15 is 0 Å². The summed E-state index contributed by atoms with van der Waals surface area (Å²) in [5.74, 6) is 0.556. The minimum atomic E-state index is 0.556. The monoisotopic (exact) mass is 438 g/mol. The minimum absolute atomic E-state index is 0.556. The average molecular weight is 439 g/mol. The summed E-state index contributed by atoms with van der Waals surface area (Å²) in [5.41, 5.74) is 11.0. The average Bonchev–Trinajstić information content (AvgIpc) is 3.22. The van der Waals surface area contributed by atoms with E-state index in [0.717, 1.165) is 27.5 Å². The number of benzene rings is 5. The standard InChI is InChI=1S/C30H22N4/c31-20-32-30(23-12-5-2-6-13-23)33-34-27-18-16-22-11-7-8-14-25(22)29(27)26-17-15-24(19-28(26)34)21-9-3-1-4-10-21/h1-20H,(H2,31,32,33). The molecule has 0 bridgehead atoms. The fraction of sp³-hybridized carbons (Fsp3) is 0. The summed E-state index contributed by atoms with van der Waals surface area (Å²) in [6, 6.07) is 39.7. The molecule has 0 aliphatic rings. The fourth-order valence-corrected chi connectivity index (χ4v) is 4.60. The van der Waals surface area contributed by atoms with Crippen LogP contribution in [0.2, 0.25) is 0 Å². The predicted molar refractivity (Wildman–Crippen MR) is 143 cm³/mol. The van der Waals surface area contributed by atoms with E-state index in [1.54, 1.807) is 0 Å². The lowest BCUT2D eigenvalue weighted by molar-refractivity contribution is 0.963. The van der Waals surface area contributed by atoms with Gasteiger partial charge in [-0.15, -0.1) is 5.10 Å². The third-order valence-corrected chi connectivity index (χ3v) is 6.16. The molecule has 0 unspecified atom stereocenters. The molecular formula is C30H22N4. The SMILES string of the molecule is NC=N/C(=N\n1c2cc(-c3ccccc3)ccc2c2c3ccccc3ccc21)c1ccccc1. The minimum Gasteiger partial charge on any atom is -0.390 e. The van der Waals surface area contributed by atoms with Gasteiger partial charge in [-0.1, -0.05) is 103 Å². The molecule has 162 valence electrons. The maximum absolute atomic E-state index is 5.71. The molecule has 4 nitrogen and oxygen atoms in total. The van der Waals surface area contributed by atoms with Crippen LogP contribution in [0.5, 0.6) is 0 Å². The summed E-state index contributed by atoms with van der Waals surface area (Å²) >= 11 is 0. The van der Waals surface area contributed by atoms with Crippen LogP contribution in [0.3, 0.4) is 0 Å². The van der Waals surface area contributed by atoms with E-state index in [1.165, 1.54) is 28.1 Å². The van der Waals surface area contributed by atoms with Crippen LogP contribution in [0.15, 0.2) is 125 Å². The van der Waals surface area contributed by atoms with Gasteiger partial charge in [0, 0.05) is 16.3 Å². The van der Waals surface area contributed by atoms with Gasteiger partial charge in [-0.05, 0) is 34.0 Å². The molecule has 0 fully saturated rings. The van der Waals surface area contributed by atoms with Gasteiger partial charge in [-0.25, -0.2) is 9.67 Å². The largest absolute Gasteiger partial charge is 0.390 e. The van der Waals surface area contributed by atoms with Gasteiger partial charge in [-0.2, -0.15) is 0 Å². The maximum atomic E-state index is 5.71. The van der Waals surface area contributed by atoms with Crippen LogP contribution in [-0.4, -0.2) is 16.9 Å². The van der Waals surface area contributed by atoms with Crippen molar-refractivity contribution in [2.75, 3.05) is 0 Å². The number of nitrogens with two attached hydrogens (primary N) is 1. The van der Waals surface area contributed by atoms with Crippen LogP contribution < -0.4 is 5.73 Å². The van der Waals surface area contributed by atoms with Crippen LogP contribution in [0.25, 0.3) is 43.7 Å². The second-order valence-electron chi connectivity index (χ2n) is 8.16. The smallest absolute Gasteiger partial charge is 0.181 e. The fourth-order valence-electron chi connectivity index (χ4n) is 4.60. The van der Waals surface area contributed by atoms with Gasteiger partial charge >= 0.3 is 0 Å². The van der Waals surface area contributed by atoms with Gasteiger partial charge < -0.3 is 5.73 Å². The van der Waals surface area contributed by atoms with Gasteiger partial charge in [0.2, 0.25) is 0 Å². The molecule has 6 aromatic rings. The zero-order chi connectivity index (χ0) is 22.9. The molecule has 4 heteroatoms. The zero-order valence-corrected chi connectivity index (χ0v) is 18.5. The number of hydrogen-bond acceptors (Lipinski definition) is 1. The number of fused-ring (bicyclic) bond motifs is 5. The van der Waals surface area contributed by atoms with Crippen molar-refractivity contribution in [1.82, 2.24) is 4.68 Å². The van der Waals surface area contributed by atoms with Crippen molar-refractivity contribution in [3.05, 3.63) is 121 Å². The number of hydrogen-bond donors (Lipinski definition) is 1. The lowest BCUT2D eigenvalue weighted by Gasteiger charge is -2.06. The highest BCUT2D eigenvalue weighted by molar-refractivity contribution is 6.21. The molecule has 0 aliphatic carbocycles. The van der Waals surface area contributed by atoms with Crippen molar-refractivity contribution in [3.8, 4) is 11.1 Å². The molecule has 0 saturated carbocycles. The van der Waals surface area contributed by atoms with E-state index in [-0.39, 0.29) is 0 Å². The number of aromatic nitrogens is 1. The van der Waals surface area contributed by atoms with Crippen molar-refractivity contribution >= 4 is 44.8 Å². The Morgan fingerprint density at radius 3 is 2.18 bits per heavy atom. The number of aliphatic imine (C=N–C) groups is 1. The van der Waals surface area contributed by atoms with E-state index in [1.807, 2.05) is 41.1 Å². The lowest BCUT2D eigenvalue weighted by Crippen LogP contribution is -2.04. The molecule has 6 rings (SSSR count). The summed E-state index contributed by atoms with van der Waals surface area (Å²) in [6.07, 6.45) is 1.30. The van der Waals surface area contributed by atoms with Crippen molar-refractivity contribution < 1.29 is 0 Å². The van der Waals surface area contributed by atoms with E-state index in [0.29, 0.717) is 5.84 Å². The molecule has 34 heavy (non-hydrogen) atoms. The van der Waals surface area contributed by atoms with Crippen LogP contribution in [-0.2, 0) is 0 Å². The number of nitrogens with zero attached hydrogens (tertiary/aromatic N) is 3. The highest BCUT2D eigenvalue weighted by Crippen LogP contribution is 2.37. The molecule has 1 heterocycles. The molecule has 2 N–H and O–H groups in total. The van der Waals surface area contributed by atoms with Gasteiger partial charge in [0.25, 0.3) is 0 Å². The van der Waals surface area contributed by atoms with Gasteiger partial charge in [0.05, 0.1) is 17.4 Å². The van der Waals surface area contributed by atoms with E-state index in [4.69, 9.17) is 10.8 Å². The molecular weight excluding hydrogens is 416 g/mol. The van der Waals surface area contributed by atoms with Crippen LogP contribution in [0, 0.1) is 0 Å². The maximum Gasteiger partial charge on any atom is 0.181 e. The van der Waals surface area contributed by atoms with Crippen LogP contribution in [0.1, 0.15) is 5.56 Å².